The summed E-state index contributed by atoms with van der Waals surface area (Å²) < 4.78 is 29.5. The Morgan fingerprint density at radius 1 is 0.971 bits per heavy atom. The monoisotopic (exact) mass is 475 g/mol. The average Bonchev–Trinajstić information content (AvgIpc) is 2.88. The first-order valence-corrected chi connectivity index (χ1v) is 10.8. The number of esters is 1. The van der Waals surface area contributed by atoms with Gasteiger partial charge in [-0.2, -0.15) is 4.39 Å². The van der Waals surface area contributed by atoms with Crippen LogP contribution in [0.3, 0.4) is 0 Å². The molecule has 35 heavy (non-hydrogen) atoms. The minimum absolute atomic E-state index is 0.107. The van der Waals surface area contributed by atoms with E-state index in [0.717, 1.165) is 5.56 Å². The molecule has 7 heteroatoms. The van der Waals surface area contributed by atoms with Crippen LogP contribution in [-0.2, 0) is 25.7 Å². The molecular weight excluding hydrogens is 449 g/mol. The van der Waals surface area contributed by atoms with Crippen LogP contribution in [0.4, 0.5) is 4.39 Å². The van der Waals surface area contributed by atoms with Gasteiger partial charge in [-0.25, -0.2) is 4.79 Å². The number of carbonyl (C=O) groups is 1. The first kappa shape index (κ1) is 25.2. The summed E-state index contributed by atoms with van der Waals surface area (Å²) in [6, 6.07) is 22.5. The number of hydrogen-bond donors (Lipinski definition) is 0. The Morgan fingerprint density at radius 2 is 1.71 bits per heavy atom. The summed E-state index contributed by atoms with van der Waals surface area (Å²) in [5.74, 6) is -0.191. The summed E-state index contributed by atoms with van der Waals surface area (Å²) in [6.07, 6.45) is 2.64. The normalized spacial score (nSPS) is 12.2. The lowest BCUT2D eigenvalue weighted by molar-refractivity contribution is -0.133. The zero-order chi connectivity index (χ0) is 25.0. The second-order valence-electron chi connectivity index (χ2n) is 7.36. The maximum atomic E-state index is 14.3. The number of hydrogen-bond acceptors (Lipinski definition) is 6. The van der Waals surface area contributed by atoms with Crippen molar-refractivity contribution in [1.29, 1.82) is 0 Å². The molecule has 0 atom stereocenters. The van der Waals surface area contributed by atoms with Gasteiger partial charge in [0.1, 0.15) is 17.9 Å². The highest BCUT2D eigenvalue weighted by Gasteiger charge is 2.17. The lowest BCUT2D eigenvalue weighted by Gasteiger charge is -2.11. The Morgan fingerprint density at radius 3 is 2.46 bits per heavy atom. The SMILES string of the molecule is COC=C(C(=O)OC)c1ccccc1CON=C(C)c1cccc(OC(F)=Cc2ccccc2)c1. The Hall–Kier alpha value is -4.39. The number of halogens is 1. The summed E-state index contributed by atoms with van der Waals surface area (Å²) in [5.41, 5.74) is 3.58. The third-order valence-corrected chi connectivity index (χ3v) is 4.92. The van der Waals surface area contributed by atoms with Gasteiger partial charge in [0.25, 0.3) is 6.01 Å². The third kappa shape index (κ3) is 7.30. The van der Waals surface area contributed by atoms with Crippen LogP contribution in [0.15, 0.2) is 96.3 Å². The van der Waals surface area contributed by atoms with E-state index in [9.17, 15) is 9.18 Å². The first-order valence-electron chi connectivity index (χ1n) is 10.8. The van der Waals surface area contributed by atoms with Crippen molar-refractivity contribution in [3.63, 3.8) is 0 Å². The molecule has 0 saturated carbocycles. The molecule has 0 heterocycles. The number of oxime groups is 1. The molecule has 0 aliphatic carbocycles. The Kier molecular flexibility index (Phi) is 9.19. The van der Waals surface area contributed by atoms with E-state index in [1.165, 1.54) is 26.6 Å². The van der Waals surface area contributed by atoms with Crippen LogP contribution >= 0.6 is 0 Å². The van der Waals surface area contributed by atoms with E-state index >= 15 is 0 Å². The molecule has 0 aromatic heterocycles. The largest absolute Gasteiger partial charge is 0.503 e. The zero-order valence-electron chi connectivity index (χ0n) is 19.7. The van der Waals surface area contributed by atoms with Crippen LogP contribution in [0, 0.1) is 0 Å². The predicted octanol–water partition coefficient (Wildman–Crippen LogP) is 6.13. The van der Waals surface area contributed by atoms with E-state index in [0.29, 0.717) is 28.2 Å². The quantitative estimate of drug-likeness (QED) is 0.116. The van der Waals surface area contributed by atoms with Gasteiger partial charge in [-0.15, -0.1) is 0 Å². The second-order valence-corrected chi connectivity index (χ2v) is 7.36. The average molecular weight is 476 g/mol. The van der Waals surface area contributed by atoms with E-state index in [1.807, 2.05) is 36.4 Å². The molecule has 0 amide bonds. The molecule has 0 aliphatic heterocycles. The van der Waals surface area contributed by atoms with Crippen molar-refractivity contribution in [3.8, 4) is 5.75 Å². The first-order chi connectivity index (χ1) is 17.0. The molecule has 180 valence electrons. The van der Waals surface area contributed by atoms with Gasteiger partial charge in [-0.05, 0) is 30.2 Å². The molecule has 3 rings (SSSR count). The summed E-state index contributed by atoms with van der Waals surface area (Å²) in [4.78, 5) is 17.7. The highest BCUT2D eigenvalue weighted by Crippen LogP contribution is 2.22. The molecule has 0 spiro atoms. The topological polar surface area (TPSA) is 66.4 Å². The van der Waals surface area contributed by atoms with E-state index in [2.05, 4.69) is 5.16 Å². The summed E-state index contributed by atoms with van der Waals surface area (Å²) in [5, 5.41) is 4.17. The fourth-order valence-electron chi connectivity index (χ4n) is 3.22. The minimum atomic E-state index is -0.721. The van der Waals surface area contributed by atoms with Crippen LogP contribution in [-0.4, -0.2) is 25.9 Å². The van der Waals surface area contributed by atoms with E-state index < -0.39 is 12.0 Å². The Balaban J connectivity index is 1.70. The zero-order valence-corrected chi connectivity index (χ0v) is 19.7. The van der Waals surface area contributed by atoms with Crippen molar-refractivity contribution in [2.24, 2.45) is 5.16 Å². The highest BCUT2D eigenvalue weighted by atomic mass is 19.1. The van der Waals surface area contributed by atoms with Gasteiger partial charge in [-0.3, -0.25) is 0 Å². The van der Waals surface area contributed by atoms with Gasteiger partial charge in [0.05, 0.1) is 26.2 Å². The lowest BCUT2D eigenvalue weighted by atomic mass is 10.0. The van der Waals surface area contributed by atoms with Crippen LogP contribution in [0.2, 0.25) is 0 Å². The van der Waals surface area contributed by atoms with Gasteiger partial charge >= 0.3 is 5.97 Å². The Labute approximate surface area is 203 Å². The van der Waals surface area contributed by atoms with Crippen molar-refractivity contribution in [2.45, 2.75) is 13.5 Å². The number of rotatable bonds is 10. The standard InChI is InChI=1S/C28H26FNO5/c1-20(22-13-9-14-24(17-22)35-27(29)16-21-10-5-4-6-11-21)30-34-18-23-12-7-8-15-25(23)26(19-32-2)28(31)33-3/h4-17,19H,18H2,1-3H3. The van der Waals surface area contributed by atoms with Crippen molar-refractivity contribution < 1.29 is 28.2 Å². The highest BCUT2D eigenvalue weighted by molar-refractivity contribution is 6.16. The van der Waals surface area contributed by atoms with Gasteiger partial charge in [0.2, 0.25) is 0 Å². The van der Waals surface area contributed by atoms with E-state index in [1.54, 1.807) is 49.4 Å². The molecule has 3 aromatic carbocycles. The van der Waals surface area contributed by atoms with E-state index in [-0.39, 0.29) is 12.2 Å². The fourth-order valence-corrected chi connectivity index (χ4v) is 3.22. The molecule has 0 N–H and O–H groups in total. The number of methoxy groups -OCH3 is 2. The molecule has 0 bridgehead atoms. The van der Waals surface area contributed by atoms with Crippen molar-refractivity contribution >= 4 is 23.3 Å². The van der Waals surface area contributed by atoms with Crippen LogP contribution in [0.5, 0.6) is 5.75 Å². The number of benzene rings is 3. The van der Waals surface area contributed by atoms with Crippen LogP contribution < -0.4 is 4.74 Å². The summed E-state index contributed by atoms with van der Waals surface area (Å²) in [7, 11) is 2.76. The minimum Gasteiger partial charge on any atom is -0.503 e. The molecule has 0 fully saturated rings. The van der Waals surface area contributed by atoms with Crippen LogP contribution in [0.25, 0.3) is 11.6 Å². The van der Waals surface area contributed by atoms with Crippen molar-refractivity contribution in [1.82, 2.24) is 0 Å². The summed E-state index contributed by atoms with van der Waals surface area (Å²) in [6.45, 7) is 1.88. The maximum Gasteiger partial charge on any atom is 0.341 e. The number of nitrogens with zero attached hydrogens (tertiary/aromatic N) is 1. The fraction of sp³-hybridized carbons (Fsp3) is 0.143. The number of carbonyl (C=O) groups excluding carboxylic acids is 1. The number of ether oxygens (including phenoxy) is 3. The van der Waals surface area contributed by atoms with E-state index in [4.69, 9.17) is 19.0 Å². The lowest BCUT2D eigenvalue weighted by Crippen LogP contribution is -2.07. The maximum absolute atomic E-state index is 14.3. The molecular formula is C28H26FNO5. The molecule has 0 aliphatic rings. The molecule has 3 aromatic rings. The molecule has 0 radical (unpaired) electrons. The van der Waals surface area contributed by atoms with Gasteiger partial charge in [0.15, 0.2) is 0 Å². The van der Waals surface area contributed by atoms with Gasteiger partial charge < -0.3 is 19.0 Å². The molecule has 0 saturated heterocycles. The summed E-state index contributed by atoms with van der Waals surface area (Å²) >= 11 is 0. The molecule has 0 unspecified atom stereocenters. The predicted molar refractivity (Wildman–Crippen MR) is 133 cm³/mol. The second kappa shape index (κ2) is 12.7. The van der Waals surface area contributed by atoms with Gasteiger partial charge in [0, 0.05) is 17.2 Å². The van der Waals surface area contributed by atoms with Crippen molar-refractivity contribution in [2.75, 3.05) is 14.2 Å². The Bertz CT molecular complexity index is 1230. The molecule has 6 nitrogen and oxygen atoms in total. The van der Waals surface area contributed by atoms with Crippen molar-refractivity contribution in [3.05, 3.63) is 113 Å². The smallest absolute Gasteiger partial charge is 0.341 e. The van der Waals surface area contributed by atoms with Gasteiger partial charge in [-0.1, -0.05) is 71.9 Å². The van der Waals surface area contributed by atoms with Crippen LogP contribution in [0.1, 0.15) is 29.2 Å². The third-order valence-electron chi connectivity index (χ3n) is 4.92.